The Balaban J connectivity index is 2.00. The molecule has 2 fully saturated rings. The van der Waals surface area contributed by atoms with Gasteiger partial charge in [-0.3, -0.25) is 0 Å². The second-order valence-corrected chi connectivity index (χ2v) is 5.29. The van der Waals surface area contributed by atoms with E-state index in [4.69, 9.17) is 4.74 Å². The molecule has 2 unspecified atom stereocenters. The van der Waals surface area contributed by atoms with Gasteiger partial charge in [0.2, 0.25) is 0 Å². The van der Waals surface area contributed by atoms with Gasteiger partial charge in [-0.05, 0) is 13.3 Å². The second-order valence-electron chi connectivity index (χ2n) is 5.29. The second kappa shape index (κ2) is 4.40. The highest BCUT2D eigenvalue weighted by Crippen LogP contribution is 2.23. The molecule has 0 radical (unpaired) electrons. The van der Waals surface area contributed by atoms with Crippen molar-refractivity contribution < 1.29 is 24.5 Å². The molecule has 0 bridgehead atoms. The largest absolute Gasteiger partial charge is 0.479 e. The maximum atomic E-state index is 12.0. The van der Waals surface area contributed by atoms with E-state index in [0.717, 1.165) is 0 Å². The van der Waals surface area contributed by atoms with Crippen LogP contribution in [0.1, 0.15) is 19.8 Å². The monoisotopic (exact) mass is 258 g/mol. The third kappa shape index (κ3) is 2.41. The highest BCUT2D eigenvalue weighted by atomic mass is 16.5. The number of hydrogen-bond donors (Lipinski definition) is 3. The predicted molar refractivity (Wildman–Crippen MR) is 61.1 cm³/mol. The first-order valence-corrected chi connectivity index (χ1v) is 5.95. The first-order chi connectivity index (χ1) is 8.35. The summed E-state index contributed by atoms with van der Waals surface area (Å²) >= 11 is 0. The van der Waals surface area contributed by atoms with E-state index in [1.807, 2.05) is 0 Å². The predicted octanol–water partition coefficient (Wildman–Crippen LogP) is -0.604. The number of nitrogens with one attached hydrogen (secondary N) is 1. The van der Waals surface area contributed by atoms with Gasteiger partial charge in [0, 0.05) is 19.6 Å². The molecule has 0 aromatic carbocycles. The molecule has 3 N–H and O–H groups in total. The Morgan fingerprint density at radius 2 is 2.11 bits per heavy atom. The summed E-state index contributed by atoms with van der Waals surface area (Å²) < 4.78 is 5.06. The molecule has 2 heterocycles. The molecule has 2 amide bonds. The SMILES string of the molecule is CC1(O)CCN(C(=O)NC2(C(=O)O)CCOC2)C1. The number of carboxylic acid groups (broad SMARTS) is 1. The fourth-order valence-electron chi connectivity index (χ4n) is 2.29. The molecular weight excluding hydrogens is 240 g/mol. The van der Waals surface area contributed by atoms with Crippen LogP contribution in [0.4, 0.5) is 4.79 Å². The highest BCUT2D eigenvalue weighted by molar-refractivity contribution is 5.86. The first-order valence-electron chi connectivity index (χ1n) is 5.95. The van der Waals surface area contributed by atoms with Gasteiger partial charge in [0.05, 0.1) is 18.8 Å². The van der Waals surface area contributed by atoms with Gasteiger partial charge in [-0.25, -0.2) is 9.59 Å². The average Bonchev–Trinajstić information content (AvgIpc) is 2.85. The van der Waals surface area contributed by atoms with Crippen LogP contribution in [0.5, 0.6) is 0 Å². The van der Waals surface area contributed by atoms with E-state index >= 15 is 0 Å². The third-order valence-electron chi connectivity index (χ3n) is 3.52. The summed E-state index contributed by atoms with van der Waals surface area (Å²) in [6.45, 7) is 2.61. The van der Waals surface area contributed by atoms with Crippen molar-refractivity contribution in [2.75, 3.05) is 26.3 Å². The van der Waals surface area contributed by atoms with Crippen molar-refractivity contribution in [3.05, 3.63) is 0 Å². The summed E-state index contributed by atoms with van der Waals surface area (Å²) in [5.41, 5.74) is -2.22. The summed E-state index contributed by atoms with van der Waals surface area (Å²) in [5.74, 6) is -1.08. The third-order valence-corrected chi connectivity index (χ3v) is 3.52. The summed E-state index contributed by atoms with van der Waals surface area (Å²) in [6, 6.07) is -0.458. The number of amides is 2. The van der Waals surface area contributed by atoms with Gasteiger partial charge in [-0.1, -0.05) is 0 Å². The topological polar surface area (TPSA) is 99.1 Å². The molecular formula is C11H18N2O5. The Hall–Kier alpha value is -1.34. The van der Waals surface area contributed by atoms with Crippen LogP contribution in [-0.2, 0) is 9.53 Å². The van der Waals surface area contributed by atoms with E-state index in [9.17, 15) is 19.8 Å². The van der Waals surface area contributed by atoms with E-state index in [1.54, 1.807) is 6.92 Å². The number of urea groups is 1. The molecule has 0 saturated carbocycles. The maximum absolute atomic E-state index is 12.0. The summed E-state index contributed by atoms with van der Waals surface area (Å²) in [7, 11) is 0. The standard InChI is InChI=1S/C11H18N2O5/c1-10(17)2-4-13(6-10)9(16)12-11(8(14)15)3-5-18-7-11/h17H,2-7H2,1H3,(H,12,16)(H,14,15). The smallest absolute Gasteiger partial charge is 0.332 e. The zero-order valence-corrected chi connectivity index (χ0v) is 10.3. The zero-order chi connectivity index (χ0) is 13.4. The first kappa shape index (κ1) is 13.1. The Morgan fingerprint density at radius 1 is 1.39 bits per heavy atom. The van der Waals surface area contributed by atoms with E-state index in [0.29, 0.717) is 19.6 Å². The minimum absolute atomic E-state index is 0.0156. The minimum atomic E-state index is -1.33. The number of nitrogens with zero attached hydrogens (tertiary/aromatic N) is 1. The van der Waals surface area contributed by atoms with Crippen molar-refractivity contribution >= 4 is 12.0 Å². The molecule has 2 aliphatic rings. The summed E-state index contributed by atoms with van der Waals surface area (Å²) in [4.78, 5) is 24.7. The lowest BCUT2D eigenvalue weighted by molar-refractivity contribution is -0.144. The normalized spacial score (nSPS) is 35.8. The van der Waals surface area contributed by atoms with Gasteiger partial charge in [-0.2, -0.15) is 0 Å². The summed E-state index contributed by atoms with van der Waals surface area (Å²) in [6.07, 6.45) is 0.759. The molecule has 0 aromatic rings. The van der Waals surface area contributed by atoms with Crippen LogP contribution in [0.25, 0.3) is 0 Å². The van der Waals surface area contributed by atoms with Crippen LogP contribution < -0.4 is 5.32 Å². The lowest BCUT2D eigenvalue weighted by atomic mass is 9.99. The van der Waals surface area contributed by atoms with Gasteiger partial charge < -0.3 is 25.2 Å². The Kier molecular flexibility index (Phi) is 3.20. The van der Waals surface area contributed by atoms with Crippen molar-refractivity contribution in [1.82, 2.24) is 10.2 Å². The molecule has 2 aliphatic heterocycles. The zero-order valence-electron chi connectivity index (χ0n) is 10.3. The number of aliphatic hydroxyl groups is 1. The number of likely N-dealkylation sites (tertiary alicyclic amines) is 1. The Bertz CT molecular complexity index is 362. The van der Waals surface area contributed by atoms with Gasteiger partial charge >= 0.3 is 12.0 Å². The van der Waals surface area contributed by atoms with Gasteiger partial charge in [0.25, 0.3) is 0 Å². The molecule has 0 aromatic heterocycles. The highest BCUT2D eigenvalue weighted by Gasteiger charge is 2.45. The Labute approximate surface area is 105 Å². The van der Waals surface area contributed by atoms with Crippen molar-refractivity contribution in [2.24, 2.45) is 0 Å². The van der Waals surface area contributed by atoms with Crippen LogP contribution >= 0.6 is 0 Å². The molecule has 2 atom stereocenters. The number of carbonyl (C=O) groups excluding carboxylic acids is 1. The van der Waals surface area contributed by atoms with Crippen molar-refractivity contribution in [3.8, 4) is 0 Å². The van der Waals surface area contributed by atoms with Gasteiger partial charge in [0.1, 0.15) is 0 Å². The molecule has 7 heteroatoms. The molecule has 0 spiro atoms. The number of hydrogen-bond acceptors (Lipinski definition) is 4. The fraction of sp³-hybridized carbons (Fsp3) is 0.818. The summed E-state index contributed by atoms with van der Waals surface area (Å²) in [5, 5.41) is 21.5. The number of carbonyl (C=O) groups is 2. The molecule has 102 valence electrons. The van der Waals surface area contributed by atoms with Crippen molar-refractivity contribution in [3.63, 3.8) is 0 Å². The lowest BCUT2D eigenvalue weighted by Gasteiger charge is -2.27. The van der Waals surface area contributed by atoms with Crippen LogP contribution in [-0.4, -0.2) is 64.6 Å². The van der Waals surface area contributed by atoms with Crippen LogP contribution in [0.15, 0.2) is 0 Å². The van der Waals surface area contributed by atoms with Crippen LogP contribution in [0.3, 0.4) is 0 Å². The van der Waals surface area contributed by atoms with Crippen molar-refractivity contribution in [2.45, 2.75) is 30.9 Å². The minimum Gasteiger partial charge on any atom is -0.479 e. The molecule has 2 saturated heterocycles. The van der Waals surface area contributed by atoms with Crippen LogP contribution in [0, 0.1) is 0 Å². The molecule has 0 aliphatic carbocycles. The van der Waals surface area contributed by atoms with E-state index < -0.39 is 23.1 Å². The quantitative estimate of drug-likeness (QED) is 0.614. The lowest BCUT2D eigenvalue weighted by Crippen LogP contribution is -2.58. The van der Waals surface area contributed by atoms with Gasteiger partial charge in [-0.15, -0.1) is 0 Å². The number of aliphatic carboxylic acids is 1. The molecule has 2 rings (SSSR count). The van der Waals surface area contributed by atoms with Gasteiger partial charge in [0.15, 0.2) is 5.54 Å². The van der Waals surface area contributed by atoms with E-state index in [-0.39, 0.29) is 19.6 Å². The number of carboxylic acids is 1. The molecule has 18 heavy (non-hydrogen) atoms. The number of rotatable bonds is 2. The fourth-order valence-corrected chi connectivity index (χ4v) is 2.29. The molecule has 7 nitrogen and oxygen atoms in total. The number of ether oxygens (including phenoxy) is 1. The number of β-amino-alcohol motifs (C(OH)–C–C–N with tert-alkyl or cyclic N) is 1. The van der Waals surface area contributed by atoms with E-state index in [1.165, 1.54) is 4.90 Å². The Morgan fingerprint density at radius 3 is 2.56 bits per heavy atom. The van der Waals surface area contributed by atoms with E-state index in [2.05, 4.69) is 5.32 Å². The average molecular weight is 258 g/mol. The maximum Gasteiger partial charge on any atom is 0.332 e. The van der Waals surface area contributed by atoms with Crippen molar-refractivity contribution in [1.29, 1.82) is 0 Å². The van der Waals surface area contributed by atoms with Crippen LogP contribution in [0.2, 0.25) is 0 Å².